The molecule has 180 valence electrons. The number of thioether (sulfide) groups is 1. The van der Waals surface area contributed by atoms with Crippen molar-refractivity contribution in [2.45, 2.75) is 16.1 Å². The Morgan fingerprint density at radius 3 is 2.53 bits per heavy atom. The molecular formula is C25H17ClN4O4S2. The van der Waals surface area contributed by atoms with Crippen molar-refractivity contribution in [1.82, 2.24) is 15.2 Å². The highest BCUT2D eigenvalue weighted by molar-refractivity contribution is 8.00. The Bertz CT molecular complexity index is 1470. The number of anilines is 1. The molecule has 1 aliphatic rings. The maximum Gasteiger partial charge on any atom is 0.301 e. The van der Waals surface area contributed by atoms with Gasteiger partial charge in [-0.1, -0.05) is 59.0 Å². The molecule has 11 heteroatoms. The molecule has 1 amide bonds. The molecule has 36 heavy (non-hydrogen) atoms. The second kappa shape index (κ2) is 10.1. The average molecular weight is 537 g/mol. The Labute approximate surface area is 218 Å². The van der Waals surface area contributed by atoms with E-state index in [1.54, 1.807) is 36.4 Å². The second-order valence-corrected chi connectivity index (χ2v) is 10.4. The summed E-state index contributed by atoms with van der Waals surface area (Å²) >= 11 is 8.54. The molecule has 1 aliphatic heterocycles. The number of aromatic nitrogens is 3. The molecule has 1 saturated heterocycles. The molecule has 2 N–H and O–H groups in total. The first-order valence-corrected chi connectivity index (χ1v) is 12.8. The van der Waals surface area contributed by atoms with Gasteiger partial charge < -0.3 is 10.2 Å². The number of hydrogen-bond acceptors (Lipinski definition) is 9. The van der Waals surface area contributed by atoms with E-state index >= 15 is 0 Å². The molecule has 0 bridgehead atoms. The van der Waals surface area contributed by atoms with Gasteiger partial charge in [-0.05, 0) is 47.5 Å². The number of phenolic OH excluding ortho intramolecular Hbond substituents is 1. The second-order valence-electron chi connectivity index (χ2n) is 7.77. The number of aliphatic hydroxyl groups excluding tert-OH is 1. The third-order valence-corrected chi connectivity index (χ3v) is 7.84. The first-order chi connectivity index (χ1) is 17.4. The number of halogens is 1. The summed E-state index contributed by atoms with van der Waals surface area (Å²) < 4.78 is 0.602. The van der Waals surface area contributed by atoms with Crippen molar-refractivity contribution < 1.29 is 19.8 Å². The van der Waals surface area contributed by atoms with Gasteiger partial charge in [-0.3, -0.25) is 19.5 Å². The topological polar surface area (TPSA) is 117 Å². The zero-order valence-corrected chi connectivity index (χ0v) is 20.8. The van der Waals surface area contributed by atoms with E-state index in [-0.39, 0.29) is 22.2 Å². The third kappa shape index (κ3) is 4.70. The average Bonchev–Trinajstić information content (AvgIpc) is 3.46. The number of nitrogens with zero attached hydrogens (tertiary/aromatic N) is 4. The van der Waals surface area contributed by atoms with Crippen LogP contribution >= 0.6 is 34.7 Å². The van der Waals surface area contributed by atoms with Crippen molar-refractivity contribution in [3.8, 4) is 5.75 Å². The van der Waals surface area contributed by atoms with Gasteiger partial charge in [0.05, 0.1) is 11.6 Å². The van der Waals surface area contributed by atoms with E-state index in [0.29, 0.717) is 26.2 Å². The van der Waals surface area contributed by atoms with Crippen LogP contribution in [-0.2, 0) is 15.3 Å². The number of phenols is 1. The highest BCUT2D eigenvalue weighted by Crippen LogP contribution is 2.44. The lowest BCUT2D eigenvalue weighted by atomic mass is 9.95. The number of carbonyl (C=O) groups excluding carboxylic acids is 2. The number of ketones is 1. The highest BCUT2D eigenvalue weighted by atomic mass is 35.5. The van der Waals surface area contributed by atoms with Crippen LogP contribution in [0.2, 0.25) is 5.02 Å². The van der Waals surface area contributed by atoms with E-state index in [4.69, 9.17) is 11.6 Å². The Hall–Kier alpha value is -3.73. The lowest BCUT2D eigenvalue weighted by Crippen LogP contribution is -2.29. The summed E-state index contributed by atoms with van der Waals surface area (Å²) in [5.41, 5.74) is 1.71. The zero-order valence-electron chi connectivity index (χ0n) is 18.4. The first-order valence-electron chi connectivity index (χ1n) is 10.6. The maximum atomic E-state index is 13.2. The molecule has 0 spiro atoms. The van der Waals surface area contributed by atoms with Crippen LogP contribution in [0.4, 0.5) is 5.13 Å². The van der Waals surface area contributed by atoms with Crippen molar-refractivity contribution in [3.05, 3.63) is 100 Å². The molecule has 5 rings (SSSR count). The molecule has 8 nitrogen and oxygen atoms in total. The van der Waals surface area contributed by atoms with E-state index in [0.717, 1.165) is 16.9 Å². The lowest BCUT2D eigenvalue weighted by Gasteiger charge is -2.22. The summed E-state index contributed by atoms with van der Waals surface area (Å²) in [6, 6.07) is 15.7. The van der Waals surface area contributed by atoms with E-state index in [1.165, 1.54) is 41.2 Å². The summed E-state index contributed by atoms with van der Waals surface area (Å²) in [6.07, 6.45) is 2.95. The number of amides is 1. The smallest absolute Gasteiger partial charge is 0.301 e. The van der Waals surface area contributed by atoms with Gasteiger partial charge in [0.15, 0.2) is 4.34 Å². The number of aliphatic hydroxyl groups is 1. The van der Waals surface area contributed by atoms with Crippen molar-refractivity contribution in [2.75, 3.05) is 4.90 Å². The van der Waals surface area contributed by atoms with Crippen LogP contribution in [0.25, 0.3) is 5.76 Å². The number of hydrogen-bond donors (Lipinski definition) is 2. The van der Waals surface area contributed by atoms with Crippen molar-refractivity contribution in [1.29, 1.82) is 0 Å². The van der Waals surface area contributed by atoms with E-state index in [9.17, 15) is 19.8 Å². The van der Waals surface area contributed by atoms with Crippen LogP contribution < -0.4 is 4.90 Å². The van der Waals surface area contributed by atoms with Crippen LogP contribution in [0.3, 0.4) is 0 Å². The minimum atomic E-state index is -1.01. The van der Waals surface area contributed by atoms with Crippen LogP contribution in [0.5, 0.6) is 5.75 Å². The van der Waals surface area contributed by atoms with Crippen LogP contribution in [-0.4, -0.2) is 37.1 Å². The molecule has 0 saturated carbocycles. The van der Waals surface area contributed by atoms with Crippen LogP contribution in [0.15, 0.2) is 83.0 Å². The van der Waals surface area contributed by atoms with E-state index in [2.05, 4.69) is 15.2 Å². The molecule has 2 aromatic heterocycles. The molecule has 2 aromatic carbocycles. The van der Waals surface area contributed by atoms with Crippen molar-refractivity contribution >= 4 is 57.3 Å². The molecule has 0 radical (unpaired) electrons. The Kier molecular flexibility index (Phi) is 6.73. The summed E-state index contributed by atoms with van der Waals surface area (Å²) in [5, 5.41) is 30.4. The molecule has 1 fully saturated rings. The predicted octanol–water partition coefficient (Wildman–Crippen LogP) is 5.21. The molecule has 4 aromatic rings. The van der Waals surface area contributed by atoms with Crippen LogP contribution in [0, 0.1) is 0 Å². The van der Waals surface area contributed by atoms with Gasteiger partial charge in [0.2, 0.25) is 5.13 Å². The minimum absolute atomic E-state index is 0.0431. The fourth-order valence-corrected chi connectivity index (χ4v) is 5.74. The van der Waals surface area contributed by atoms with Gasteiger partial charge in [-0.15, -0.1) is 10.2 Å². The molecular weight excluding hydrogens is 520 g/mol. The first kappa shape index (κ1) is 24.0. The molecule has 1 unspecified atom stereocenters. The fourth-order valence-electron chi connectivity index (χ4n) is 3.79. The molecule has 3 heterocycles. The third-order valence-electron chi connectivity index (χ3n) is 5.46. The number of pyridine rings is 1. The van der Waals surface area contributed by atoms with Gasteiger partial charge in [0, 0.05) is 28.7 Å². The van der Waals surface area contributed by atoms with Gasteiger partial charge in [-0.2, -0.15) is 0 Å². The predicted molar refractivity (Wildman–Crippen MR) is 138 cm³/mol. The van der Waals surface area contributed by atoms with Crippen molar-refractivity contribution in [2.24, 2.45) is 0 Å². The molecule has 0 aliphatic carbocycles. The summed E-state index contributed by atoms with van der Waals surface area (Å²) in [5.74, 6) is -1.47. The summed E-state index contributed by atoms with van der Waals surface area (Å²) in [4.78, 5) is 31.5. The van der Waals surface area contributed by atoms with Gasteiger partial charge in [-0.25, -0.2) is 0 Å². The summed E-state index contributed by atoms with van der Waals surface area (Å²) in [7, 11) is 0. The largest absolute Gasteiger partial charge is 0.508 e. The number of aromatic hydroxyl groups is 1. The highest BCUT2D eigenvalue weighted by Gasteiger charge is 2.48. The number of rotatable bonds is 6. The number of carbonyl (C=O) groups is 2. The van der Waals surface area contributed by atoms with Crippen molar-refractivity contribution in [3.63, 3.8) is 0 Å². The molecule has 1 atom stereocenters. The number of Topliss-reactive ketones (excluding diaryl/α,β-unsaturated/α-hetero) is 1. The SMILES string of the molecule is O=C1C(=O)N(c2nnc(SCc3ccc(Cl)cc3)s2)C(c2cccc(O)c2)C1=C(O)c1ccncc1. The van der Waals surface area contributed by atoms with Gasteiger partial charge in [0.1, 0.15) is 11.5 Å². The Morgan fingerprint density at radius 2 is 1.81 bits per heavy atom. The van der Waals surface area contributed by atoms with Crippen LogP contribution in [0.1, 0.15) is 22.7 Å². The lowest BCUT2D eigenvalue weighted by molar-refractivity contribution is -0.132. The Morgan fingerprint density at radius 1 is 1.06 bits per heavy atom. The zero-order chi connectivity index (χ0) is 25.2. The summed E-state index contributed by atoms with van der Waals surface area (Å²) in [6.45, 7) is 0. The monoisotopic (exact) mass is 536 g/mol. The van der Waals surface area contributed by atoms with E-state index < -0.39 is 17.7 Å². The van der Waals surface area contributed by atoms with E-state index in [1.807, 2.05) is 12.1 Å². The normalized spacial score (nSPS) is 17.0. The maximum absolute atomic E-state index is 13.2. The van der Waals surface area contributed by atoms with Gasteiger partial charge >= 0.3 is 5.91 Å². The Balaban J connectivity index is 1.53. The minimum Gasteiger partial charge on any atom is -0.508 e. The van der Waals surface area contributed by atoms with Gasteiger partial charge in [0.25, 0.3) is 5.78 Å². The standard InChI is InChI=1S/C25H17ClN4O4S2/c26-17-6-4-14(5-7-17)13-35-25-29-28-24(36-25)30-20(16-2-1-3-18(31)12-16)19(22(33)23(30)34)21(32)15-8-10-27-11-9-15/h1-12,20,31-32H,13H2. The fraction of sp³-hybridized carbons (Fsp3) is 0.0800. The quantitative estimate of drug-likeness (QED) is 0.113. The number of benzene rings is 2.